The molecule has 0 saturated carbocycles. The highest BCUT2D eigenvalue weighted by atomic mass is 16.2. The molecule has 118 valence electrons. The summed E-state index contributed by atoms with van der Waals surface area (Å²) in [5.41, 5.74) is -0.210. The predicted octanol–water partition coefficient (Wildman–Crippen LogP) is 2.04. The Hall–Kier alpha value is -1.26. The van der Waals surface area contributed by atoms with Gasteiger partial charge in [-0.3, -0.25) is 4.79 Å². The predicted molar refractivity (Wildman–Crippen MR) is 86.0 cm³/mol. The van der Waals surface area contributed by atoms with Gasteiger partial charge < -0.3 is 16.0 Å². The smallest absolute Gasteiger partial charge is 0.242 e. The molecule has 0 heterocycles. The van der Waals surface area contributed by atoms with Crippen LogP contribution in [0.2, 0.25) is 0 Å². The number of amides is 1. The van der Waals surface area contributed by atoms with Gasteiger partial charge in [-0.15, -0.1) is 0 Å². The summed E-state index contributed by atoms with van der Waals surface area (Å²) in [5, 5.41) is 9.31. The zero-order valence-electron chi connectivity index (χ0n) is 13.8. The first-order valence-electron chi connectivity index (χ1n) is 7.72. The molecule has 0 unspecified atom stereocenters. The Morgan fingerprint density at radius 3 is 2.30 bits per heavy atom. The van der Waals surface area contributed by atoms with E-state index in [2.05, 4.69) is 27.9 Å². The fourth-order valence-corrected chi connectivity index (χ4v) is 1.71. The molecule has 3 N–H and O–H groups in total. The monoisotopic (exact) mass is 284 g/mol. The van der Waals surface area contributed by atoms with E-state index in [1.807, 2.05) is 27.7 Å². The molecule has 0 fully saturated rings. The maximum Gasteiger partial charge on any atom is 0.242 e. The van der Waals surface area contributed by atoms with E-state index in [-0.39, 0.29) is 18.0 Å². The van der Waals surface area contributed by atoms with Crippen molar-refractivity contribution in [3.05, 3.63) is 0 Å². The lowest BCUT2D eigenvalue weighted by Gasteiger charge is -2.20. The summed E-state index contributed by atoms with van der Waals surface area (Å²) in [6, 6.07) is 0. The second-order valence-electron chi connectivity index (χ2n) is 5.98. The lowest BCUT2D eigenvalue weighted by atomic mass is 10.1. The average Bonchev–Trinajstić information content (AvgIpc) is 2.33. The molecule has 0 rings (SSSR count). The molecule has 0 aromatic carbocycles. The van der Waals surface area contributed by atoms with Gasteiger partial charge in [-0.25, -0.2) is 4.99 Å². The van der Waals surface area contributed by atoms with Crippen molar-refractivity contribution in [2.75, 3.05) is 19.6 Å². The Morgan fingerprint density at radius 1 is 1.05 bits per heavy atom. The van der Waals surface area contributed by atoms with Crippen LogP contribution in [-0.2, 0) is 4.79 Å². The molecule has 0 spiro atoms. The number of carbonyl (C=O) groups excluding carboxylic acids is 1. The quantitative estimate of drug-likeness (QED) is 0.363. The number of hydrogen-bond acceptors (Lipinski definition) is 2. The van der Waals surface area contributed by atoms with Crippen LogP contribution in [0.5, 0.6) is 0 Å². The minimum Gasteiger partial charge on any atom is -0.357 e. The lowest BCUT2D eigenvalue weighted by molar-refractivity contribution is -0.121. The van der Waals surface area contributed by atoms with Gasteiger partial charge in [0.2, 0.25) is 5.91 Å². The standard InChI is InChI=1S/C15H32N4O/c1-6-8-9-10-11-17-14(16-7-2)18-12-13(20)19-15(3,4)5/h6-12H2,1-5H3,(H,19,20)(H2,16,17,18). The summed E-state index contributed by atoms with van der Waals surface area (Å²) in [5.74, 6) is 0.661. The second kappa shape index (κ2) is 10.5. The van der Waals surface area contributed by atoms with E-state index in [1.54, 1.807) is 0 Å². The van der Waals surface area contributed by atoms with E-state index in [9.17, 15) is 4.79 Å². The first kappa shape index (κ1) is 18.7. The van der Waals surface area contributed by atoms with Gasteiger partial charge in [0.25, 0.3) is 0 Å². The SMILES string of the molecule is CCCCCCNC(=NCC(=O)NC(C)(C)C)NCC. The Labute approximate surface area is 124 Å². The lowest BCUT2D eigenvalue weighted by Crippen LogP contribution is -2.43. The van der Waals surface area contributed by atoms with Gasteiger partial charge in [-0.05, 0) is 34.1 Å². The summed E-state index contributed by atoms with van der Waals surface area (Å²) < 4.78 is 0. The van der Waals surface area contributed by atoms with E-state index in [1.165, 1.54) is 19.3 Å². The molecule has 0 bridgehead atoms. The van der Waals surface area contributed by atoms with Crippen LogP contribution in [0.15, 0.2) is 4.99 Å². The van der Waals surface area contributed by atoms with E-state index in [0.717, 1.165) is 19.5 Å². The molecular weight excluding hydrogens is 252 g/mol. The normalized spacial score (nSPS) is 12.2. The highest BCUT2D eigenvalue weighted by molar-refractivity contribution is 5.85. The number of rotatable bonds is 8. The summed E-state index contributed by atoms with van der Waals surface area (Å²) >= 11 is 0. The van der Waals surface area contributed by atoms with Crippen LogP contribution in [0.1, 0.15) is 60.3 Å². The van der Waals surface area contributed by atoms with Gasteiger partial charge in [0, 0.05) is 18.6 Å². The second-order valence-corrected chi connectivity index (χ2v) is 5.98. The molecule has 0 aromatic rings. The molecule has 0 aliphatic heterocycles. The van der Waals surface area contributed by atoms with Gasteiger partial charge in [0.1, 0.15) is 6.54 Å². The Kier molecular flexibility index (Phi) is 9.86. The highest BCUT2D eigenvalue weighted by Gasteiger charge is 2.13. The van der Waals surface area contributed by atoms with Gasteiger partial charge in [0.15, 0.2) is 5.96 Å². The van der Waals surface area contributed by atoms with Crippen molar-refractivity contribution < 1.29 is 4.79 Å². The van der Waals surface area contributed by atoms with Crippen LogP contribution in [0.4, 0.5) is 0 Å². The van der Waals surface area contributed by atoms with Gasteiger partial charge in [-0.1, -0.05) is 26.2 Å². The Balaban J connectivity index is 4.09. The molecule has 0 aliphatic carbocycles. The third-order valence-electron chi connectivity index (χ3n) is 2.56. The molecule has 1 amide bonds. The molecular formula is C15H32N4O. The van der Waals surface area contributed by atoms with Crippen LogP contribution < -0.4 is 16.0 Å². The van der Waals surface area contributed by atoms with Crippen LogP contribution in [0.3, 0.4) is 0 Å². The molecule has 0 aliphatic rings. The van der Waals surface area contributed by atoms with Crippen LogP contribution in [0, 0.1) is 0 Å². The number of nitrogens with zero attached hydrogens (tertiary/aromatic N) is 1. The Bertz CT molecular complexity index is 295. The summed E-state index contributed by atoms with van der Waals surface area (Å²) in [6.07, 6.45) is 4.87. The number of aliphatic imine (C=N–C) groups is 1. The maximum absolute atomic E-state index is 11.7. The van der Waals surface area contributed by atoms with Gasteiger partial charge >= 0.3 is 0 Å². The highest BCUT2D eigenvalue weighted by Crippen LogP contribution is 1.98. The number of unbranched alkanes of at least 4 members (excludes halogenated alkanes) is 3. The number of carbonyl (C=O) groups is 1. The van der Waals surface area contributed by atoms with Gasteiger partial charge in [-0.2, -0.15) is 0 Å². The first-order valence-corrected chi connectivity index (χ1v) is 7.72. The largest absolute Gasteiger partial charge is 0.357 e. The fraction of sp³-hybridized carbons (Fsp3) is 0.867. The average molecular weight is 284 g/mol. The van der Waals surface area contributed by atoms with Crippen LogP contribution in [-0.4, -0.2) is 37.0 Å². The molecule has 0 radical (unpaired) electrons. The Morgan fingerprint density at radius 2 is 1.75 bits per heavy atom. The third kappa shape index (κ3) is 11.8. The molecule has 20 heavy (non-hydrogen) atoms. The van der Waals surface area contributed by atoms with Crippen molar-refractivity contribution >= 4 is 11.9 Å². The van der Waals surface area contributed by atoms with Crippen LogP contribution in [0.25, 0.3) is 0 Å². The van der Waals surface area contributed by atoms with E-state index in [0.29, 0.717) is 5.96 Å². The van der Waals surface area contributed by atoms with E-state index in [4.69, 9.17) is 0 Å². The molecule has 0 atom stereocenters. The minimum atomic E-state index is -0.210. The number of guanidine groups is 1. The maximum atomic E-state index is 11.7. The van der Waals surface area contributed by atoms with Crippen molar-refractivity contribution in [2.45, 2.75) is 65.8 Å². The van der Waals surface area contributed by atoms with E-state index >= 15 is 0 Å². The van der Waals surface area contributed by atoms with Crippen LogP contribution >= 0.6 is 0 Å². The van der Waals surface area contributed by atoms with Crippen molar-refractivity contribution in [3.8, 4) is 0 Å². The summed E-state index contributed by atoms with van der Waals surface area (Å²) in [4.78, 5) is 16.0. The fourth-order valence-electron chi connectivity index (χ4n) is 1.71. The topological polar surface area (TPSA) is 65.5 Å². The first-order chi connectivity index (χ1) is 9.39. The van der Waals surface area contributed by atoms with Gasteiger partial charge in [0.05, 0.1) is 0 Å². The molecule has 5 heteroatoms. The third-order valence-corrected chi connectivity index (χ3v) is 2.56. The van der Waals surface area contributed by atoms with E-state index < -0.39 is 0 Å². The molecule has 0 aromatic heterocycles. The zero-order valence-corrected chi connectivity index (χ0v) is 13.8. The summed E-state index contributed by atoms with van der Waals surface area (Å²) in [7, 11) is 0. The minimum absolute atomic E-state index is 0.0549. The van der Waals surface area contributed by atoms with Crippen molar-refractivity contribution in [3.63, 3.8) is 0 Å². The van der Waals surface area contributed by atoms with Crippen molar-refractivity contribution in [1.29, 1.82) is 0 Å². The molecule has 5 nitrogen and oxygen atoms in total. The van der Waals surface area contributed by atoms with Crippen molar-refractivity contribution in [1.82, 2.24) is 16.0 Å². The van der Waals surface area contributed by atoms with Crippen molar-refractivity contribution in [2.24, 2.45) is 4.99 Å². The number of nitrogens with one attached hydrogen (secondary N) is 3. The number of hydrogen-bond donors (Lipinski definition) is 3. The summed E-state index contributed by atoms with van der Waals surface area (Å²) in [6.45, 7) is 12.0. The molecule has 0 saturated heterocycles. The zero-order chi connectivity index (χ0) is 15.4.